The van der Waals surface area contributed by atoms with Crippen LogP contribution in [0, 0.1) is 5.82 Å². The fraction of sp³-hybridized carbons (Fsp3) is 0.368. The average Bonchev–Trinajstić information content (AvgIpc) is 2.53. The molecule has 112 valence electrons. The molecule has 0 heterocycles. The monoisotopic (exact) mass is 304 g/mol. The van der Waals surface area contributed by atoms with Crippen molar-refractivity contribution in [3.8, 4) is 0 Å². The van der Waals surface area contributed by atoms with Crippen LogP contribution in [0.1, 0.15) is 54.0 Å². The highest BCUT2D eigenvalue weighted by atomic mass is 35.5. The van der Waals surface area contributed by atoms with E-state index in [0.29, 0.717) is 5.56 Å². The normalized spacial score (nSPS) is 12.4. The molecule has 0 aliphatic carbocycles. The molecule has 21 heavy (non-hydrogen) atoms. The van der Waals surface area contributed by atoms with E-state index in [4.69, 9.17) is 11.6 Å². The smallest absolute Gasteiger partial charge is 0.128 e. The minimum Gasteiger partial charge on any atom is -0.207 e. The van der Waals surface area contributed by atoms with E-state index in [0.717, 1.165) is 24.8 Å². The van der Waals surface area contributed by atoms with E-state index in [-0.39, 0.29) is 5.82 Å². The second kappa shape index (κ2) is 7.09. The lowest BCUT2D eigenvalue weighted by atomic mass is 9.89. The summed E-state index contributed by atoms with van der Waals surface area (Å²) >= 11 is 6.66. The predicted molar refractivity (Wildman–Crippen MR) is 88.7 cm³/mol. The summed E-state index contributed by atoms with van der Waals surface area (Å²) in [6.07, 6.45) is 2.83. The third-order valence-corrected chi connectivity index (χ3v) is 4.47. The van der Waals surface area contributed by atoms with Crippen LogP contribution in [0.3, 0.4) is 0 Å². The highest BCUT2D eigenvalue weighted by molar-refractivity contribution is 6.22. The number of rotatable bonds is 5. The summed E-state index contributed by atoms with van der Waals surface area (Å²) in [6.45, 7) is 6.41. The van der Waals surface area contributed by atoms with Crippen LogP contribution in [0.5, 0.6) is 0 Å². The first-order valence-corrected chi connectivity index (χ1v) is 8.09. The summed E-state index contributed by atoms with van der Waals surface area (Å²) in [6, 6.07) is 11.2. The number of hydrogen-bond acceptors (Lipinski definition) is 0. The Balaban J connectivity index is 2.59. The first-order valence-electron chi connectivity index (χ1n) is 7.65. The van der Waals surface area contributed by atoms with Gasteiger partial charge in [0.2, 0.25) is 0 Å². The Bertz CT molecular complexity index is 594. The largest absolute Gasteiger partial charge is 0.207 e. The van der Waals surface area contributed by atoms with E-state index in [9.17, 15) is 4.39 Å². The highest BCUT2D eigenvalue weighted by Crippen LogP contribution is 2.36. The quantitative estimate of drug-likeness (QED) is 0.609. The Morgan fingerprint density at radius 1 is 0.952 bits per heavy atom. The number of halogens is 2. The van der Waals surface area contributed by atoms with Crippen LogP contribution in [-0.4, -0.2) is 0 Å². The van der Waals surface area contributed by atoms with Gasteiger partial charge in [-0.3, -0.25) is 0 Å². The van der Waals surface area contributed by atoms with Gasteiger partial charge in [0, 0.05) is 5.56 Å². The Morgan fingerprint density at radius 2 is 1.52 bits per heavy atom. The lowest BCUT2D eigenvalue weighted by Crippen LogP contribution is -2.06. The van der Waals surface area contributed by atoms with E-state index >= 15 is 0 Å². The summed E-state index contributed by atoms with van der Waals surface area (Å²) in [5.41, 5.74) is 5.44. The SMILES string of the molecule is CCc1cc(CC)c(C(Cl)c2ccccc2F)c(CC)c1. The first kappa shape index (κ1) is 16.0. The second-order valence-corrected chi connectivity index (χ2v) is 5.71. The highest BCUT2D eigenvalue weighted by Gasteiger charge is 2.21. The maximum Gasteiger partial charge on any atom is 0.128 e. The molecular formula is C19H22ClF. The third-order valence-electron chi connectivity index (χ3n) is 4.01. The van der Waals surface area contributed by atoms with Gasteiger partial charge in [-0.1, -0.05) is 51.1 Å². The fourth-order valence-corrected chi connectivity index (χ4v) is 3.26. The molecule has 0 fully saturated rings. The maximum absolute atomic E-state index is 14.1. The summed E-state index contributed by atoms with van der Waals surface area (Å²) in [7, 11) is 0. The summed E-state index contributed by atoms with van der Waals surface area (Å²) < 4.78 is 14.1. The van der Waals surface area contributed by atoms with Gasteiger partial charge < -0.3 is 0 Å². The molecule has 0 aliphatic heterocycles. The topological polar surface area (TPSA) is 0 Å². The fourth-order valence-electron chi connectivity index (χ4n) is 2.80. The molecule has 0 radical (unpaired) electrons. The van der Waals surface area contributed by atoms with E-state index in [1.165, 1.54) is 22.8 Å². The number of alkyl halides is 1. The van der Waals surface area contributed by atoms with E-state index < -0.39 is 5.38 Å². The molecule has 0 nitrogen and oxygen atoms in total. The maximum atomic E-state index is 14.1. The minimum absolute atomic E-state index is 0.235. The van der Waals surface area contributed by atoms with E-state index in [1.54, 1.807) is 12.1 Å². The molecular weight excluding hydrogens is 283 g/mol. The number of aryl methyl sites for hydroxylation is 3. The molecule has 0 saturated carbocycles. The molecule has 0 amide bonds. The van der Waals surface area contributed by atoms with Crippen molar-refractivity contribution in [1.82, 2.24) is 0 Å². The molecule has 0 bridgehead atoms. The lowest BCUT2D eigenvalue weighted by Gasteiger charge is -2.20. The Morgan fingerprint density at radius 3 is 2.00 bits per heavy atom. The molecule has 0 aliphatic rings. The third kappa shape index (κ3) is 3.29. The van der Waals surface area contributed by atoms with Gasteiger partial charge in [-0.15, -0.1) is 11.6 Å². The molecule has 2 rings (SSSR count). The van der Waals surface area contributed by atoms with Gasteiger partial charge in [-0.25, -0.2) is 4.39 Å². The average molecular weight is 305 g/mol. The van der Waals surface area contributed by atoms with E-state index in [1.807, 2.05) is 6.07 Å². The molecule has 1 unspecified atom stereocenters. The molecule has 0 aromatic heterocycles. The Kier molecular flexibility index (Phi) is 5.41. The molecule has 2 aromatic carbocycles. The zero-order chi connectivity index (χ0) is 15.4. The zero-order valence-electron chi connectivity index (χ0n) is 12.9. The zero-order valence-corrected chi connectivity index (χ0v) is 13.7. The molecule has 0 N–H and O–H groups in total. The van der Waals surface area contributed by atoms with Gasteiger partial charge in [0.05, 0.1) is 5.38 Å². The van der Waals surface area contributed by atoms with Gasteiger partial charge in [-0.2, -0.15) is 0 Å². The van der Waals surface area contributed by atoms with Gasteiger partial charge in [0.25, 0.3) is 0 Å². The van der Waals surface area contributed by atoms with Crippen molar-refractivity contribution >= 4 is 11.6 Å². The van der Waals surface area contributed by atoms with Crippen LogP contribution in [-0.2, 0) is 19.3 Å². The van der Waals surface area contributed by atoms with Crippen LogP contribution in [0.2, 0.25) is 0 Å². The Labute approximate surface area is 132 Å². The molecule has 0 saturated heterocycles. The molecule has 1 atom stereocenters. The summed E-state index contributed by atoms with van der Waals surface area (Å²) in [5, 5.41) is -0.429. The molecule has 2 aromatic rings. The van der Waals surface area contributed by atoms with Crippen molar-refractivity contribution in [1.29, 1.82) is 0 Å². The van der Waals surface area contributed by atoms with Gasteiger partial charge >= 0.3 is 0 Å². The van der Waals surface area contributed by atoms with Crippen LogP contribution in [0.25, 0.3) is 0 Å². The molecule has 0 spiro atoms. The van der Waals surface area contributed by atoms with Crippen molar-refractivity contribution in [3.05, 3.63) is 70.0 Å². The van der Waals surface area contributed by atoms with E-state index in [2.05, 4.69) is 32.9 Å². The van der Waals surface area contributed by atoms with Crippen LogP contribution < -0.4 is 0 Å². The van der Waals surface area contributed by atoms with Gasteiger partial charge in [0.15, 0.2) is 0 Å². The van der Waals surface area contributed by atoms with Gasteiger partial charge in [-0.05, 0) is 47.6 Å². The Hall–Kier alpha value is -1.34. The first-order chi connectivity index (χ1) is 10.1. The van der Waals surface area contributed by atoms with Crippen molar-refractivity contribution in [2.24, 2.45) is 0 Å². The van der Waals surface area contributed by atoms with Crippen LogP contribution in [0.4, 0.5) is 4.39 Å². The lowest BCUT2D eigenvalue weighted by molar-refractivity contribution is 0.611. The summed E-state index contributed by atoms with van der Waals surface area (Å²) in [4.78, 5) is 0. The second-order valence-electron chi connectivity index (χ2n) is 5.27. The van der Waals surface area contributed by atoms with Gasteiger partial charge in [0.1, 0.15) is 5.82 Å². The number of benzene rings is 2. The molecule has 2 heteroatoms. The van der Waals surface area contributed by atoms with Crippen molar-refractivity contribution in [2.75, 3.05) is 0 Å². The van der Waals surface area contributed by atoms with Crippen molar-refractivity contribution < 1.29 is 4.39 Å². The predicted octanol–water partition coefficient (Wildman–Crippen LogP) is 5.84. The summed E-state index contributed by atoms with van der Waals surface area (Å²) in [5.74, 6) is -0.235. The van der Waals surface area contributed by atoms with Crippen molar-refractivity contribution in [2.45, 2.75) is 45.4 Å². The minimum atomic E-state index is -0.429. The van der Waals surface area contributed by atoms with Crippen molar-refractivity contribution in [3.63, 3.8) is 0 Å². The van der Waals surface area contributed by atoms with Crippen LogP contribution in [0.15, 0.2) is 36.4 Å². The number of hydrogen-bond donors (Lipinski definition) is 0. The van der Waals surface area contributed by atoms with Crippen LogP contribution >= 0.6 is 11.6 Å². The standard InChI is InChI=1S/C19H22ClF/c1-4-13-11-14(5-2)18(15(6-3)12-13)19(20)16-9-7-8-10-17(16)21/h7-12,19H,4-6H2,1-3H3.